The van der Waals surface area contributed by atoms with Crippen molar-refractivity contribution in [1.82, 2.24) is 9.97 Å². The van der Waals surface area contributed by atoms with Crippen molar-refractivity contribution in [2.45, 2.75) is 25.4 Å². The molecule has 45 heavy (non-hydrogen) atoms. The van der Waals surface area contributed by atoms with Crippen LogP contribution in [0, 0.1) is 23.0 Å². The number of aliphatic hydroxyl groups excluding tert-OH is 1. The number of nitrogens with zero attached hydrogens (tertiary/aromatic N) is 3. The Morgan fingerprint density at radius 3 is 2.53 bits per heavy atom. The molecule has 0 amide bonds. The molecular weight excluding hydrogens is 580 g/mol. The van der Waals surface area contributed by atoms with Gasteiger partial charge in [0.1, 0.15) is 29.8 Å². The summed E-state index contributed by atoms with van der Waals surface area (Å²) in [4.78, 5) is 11.8. The molecule has 1 aliphatic rings. The average molecular weight is 610 g/mol. The van der Waals surface area contributed by atoms with Crippen LogP contribution in [0.3, 0.4) is 0 Å². The summed E-state index contributed by atoms with van der Waals surface area (Å²) in [5, 5.41) is 23.1. The lowest BCUT2D eigenvalue weighted by atomic mass is 9.81. The van der Waals surface area contributed by atoms with Gasteiger partial charge in [0.15, 0.2) is 17.4 Å². The maximum absolute atomic E-state index is 15.4. The fraction of sp³-hybridized carbons (Fsp3) is 0.206. The molecule has 6 rings (SSSR count). The topological polar surface area (TPSA) is 125 Å². The molecule has 5 aromatic rings. The highest BCUT2D eigenvalue weighted by Gasteiger charge is 2.36. The zero-order valence-electron chi connectivity index (χ0n) is 24.5. The first-order valence-corrected chi connectivity index (χ1v) is 14.2. The molecule has 228 valence electrons. The number of amidine groups is 1. The van der Waals surface area contributed by atoms with E-state index in [2.05, 4.69) is 26.3 Å². The smallest absolute Gasteiger partial charge is 0.289 e. The Hall–Kier alpha value is -5.47. The Morgan fingerprint density at radius 2 is 1.87 bits per heavy atom. The number of aromatic amines is 1. The van der Waals surface area contributed by atoms with Gasteiger partial charge in [-0.05, 0) is 43.2 Å². The summed E-state index contributed by atoms with van der Waals surface area (Å²) in [5.41, 5.74) is 2.31. The van der Waals surface area contributed by atoms with Crippen LogP contribution in [0.4, 0.5) is 14.5 Å². The van der Waals surface area contributed by atoms with Crippen molar-refractivity contribution in [3.05, 3.63) is 102 Å². The van der Waals surface area contributed by atoms with Gasteiger partial charge in [-0.25, -0.2) is 18.8 Å². The normalized spacial score (nSPS) is 16.2. The Labute approximate surface area is 257 Å². The molecule has 3 N–H and O–H groups in total. The Bertz CT molecular complexity index is 1910. The van der Waals surface area contributed by atoms with E-state index in [-0.39, 0.29) is 43.3 Å². The zero-order valence-corrected chi connectivity index (χ0v) is 24.5. The van der Waals surface area contributed by atoms with E-state index in [9.17, 15) is 10.4 Å². The van der Waals surface area contributed by atoms with Gasteiger partial charge in [-0.3, -0.25) is 0 Å². The first-order chi connectivity index (χ1) is 21.8. The van der Waals surface area contributed by atoms with E-state index in [4.69, 9.17) is 14.2 Å². The van der Waals surface area contributed by atoms with Gasteiger partial charge in [0.05, 0.1) is 35.6 Å². The molecular formula is C34H29F2N5O4. The van der Waals surface area contributed by atoms with Crippen molar-refractivity contribution in [3.63, 3.8) is 0 Å². The molecule has 3 aromatic carbocycles. The molecule has 0 bridgehead atoms. The number of aliphatic imine (C=N–C) groups is 1. The van der Waals surface area contributed by atoms with Crippen LogP contribution in [0.15, 0.2) is 84.1 Å². The van der Waals surface area contributed by atoms with Crippen LogP contribution in [0.1, 0.15) is 25.0 Å². The van der Waals surface area contributed by atoms with Gasteiger partial charge in [-0.1, -0.05) is 36.4 Å². The minimum Gasteiger partial charge on any atom is -0.490 e. The van der Waals surface area contributed by atoms with Gasteiger partial charge in [0.25, 0.3) is 6.02 Å². The minimum atomic E-state index is -0.952. The summed E-state index contributed by atoms with van der Waals surface area (Å²) in [5.74, 6) is -1.89. The van der Waals surface area contributed by atoms with Crippen molar-refractivity contribution in [1.29, 1.82) is 5.26 Å². The molecule has 0 radical (unpaired) electrons. The molecule has 0 unspecified atom stereocenters. The number of pyridine rings is 1. The lowest BCUT2D eigenvalue weighted by Gasteiger charge is -2.34. The molecule has 1 aliphatic heterocycles. The third-order valence-electron chi connectivity index (χ3n) is 7.47. The maximum atomic E-state index is 15.4. The average Bonchev–Trinajstić information content (AvgIpc) is 3.49. The van der Waals surface area contributed by atoms with E-state index in [0.29, 0.717) is 33.5 Å². The fourth-order valence-electron chi connectivity index (χ4n) is 5.19. The van der Waals surface area contributed by atoms with E-state index in [1.54, 1.807) is 24.4 Å². The summed E-state index contributed by atoms with van der Waals surface area (Å²) in [6, 6.07) is 20.5. The first kappa shape index (κ1) is 29.6. The molecule has 0 saturated carbocycles. The number of hydrogen-bond donors (Lipinski definition) is 3. The molecule has 11 heteroatoms. The number of halogens is 2. The number of nitrogens with one attached hydrogen (secondary N) is 2. The Kier molecular flexibility index (Phi) is 8.06. The summed E-state index contributed by atoms with van der Waals surface area (Å²) >= 11 is 0. The Morgan fingerprint density at radius 1 is 1.09 bits per heavy atom. The molecule has 0 aliphatic carbocycles. The van der Waals surface area contributed by atoms with E-state index in [0.717, 1.165) is 17.7 Å². The van der Waals surface area contributed by atoms with Crippen LogP contribution in [0.2, 0.25) is 0 Å². The molecule has 0 saturated heterocycles. The number of rotatable bonds is 8. The second-order valence-corrected chi connectivity index (χ2v) is 10.9. The maximum Gasteiger partial charge on any atom is 0.289 e. The van der Waals surface area contributed by atoms with Crippen molar-refractivity contribution in [2.24, 2.45) is 4.99 Å². The van der Waals surface area contributed by atoms with Gasteiger partial charge >= 0.3 is 0 Å². The predicted molar refractivity (Wildman–Crippen MR) is 166 cm³/mol. The molecule has 0 spiro atoms. The number of aliphatic hydroxyl groups is 1. The monoisotopic (exact) mass is 609 g/mol. The molecule has 1 atom stereocenters. The summed E-state index contributed by atoms with van der Waals surface area (Å²) in [7, 11) is 0. The van der Waals surface area contributed by atoms with Crippen LogP contribution in [-0.2, 0) is 10.2 Å². The van der Waals surface area contributed by atoms with Gasteiger partial charge in [0, 0.05) is 35.8 Å². The summed E-state index contributed by atoms with van der Waals surface area (Å²) < 4.78 is 48.0. The molecule has 9 nitrogen and oxygen atoms in total. The first-order valence-electron chi connectivity index (χ1n) is 14.2. The van der Waals surface area contributed by atoms with Gasteiger partial charge < -0.3 is 29.6 Å². The number of benzene rings is 3. The minimum absolute atomic E-state index is 0.0715. The van der Waals surface area contributed by atoms with Gasteiger partial charge in [-0.2, -0.15) is 5.26 Å². The molecule has 0 fully saturated rings. The molecule has 2 aromatic heterocycles. The lowest BCUT2D eigenvalue weighted by molar-refractivity contribution is 0.115. The van der Waals surface area contributed by atoms with Crippen molar-refractivity contribution in [2.75, 3.05) is 25.1 Å². The lowest BCUT2D eigenvalue weighted by Crippen LogP contribution is -2.44. The SMILES string of the molecule is CC(C)Oc1ccc(-c2c[nH]c3nccc(Oc4c(F)cc(NC5=NC[C@@](CO)(c6ccccc6)CO5)cc4F)c23)cc1C#N. The van der Waals surface area contributed by atoms with Crippen LogP contribution in [-0.4, -0.2) is 47.0 Å². The van der Waals surface area contributed by atoms with Crippen LogP contribution < -0.4 is 14.8 Å². The fourth-order valence-corrected chi connectivity index (χ4v) is 5.19. The number of H-pyrrole nitrogens is 1. The number of nitriles is 1. The second-order valence-electron chi connectivity index (χ2n) is 10.9. The highest BCUT2D eigenvalue weighted by atomic mass is 19.1. The number of hydrogen-bond acceptors (Lipinski definition) is 8. The van der Waals surface area contributed by atoms with Crippen molar-refractivity contribution in [3.8, 4) is 34.4 Å². The van der Waals surface area contributed by atoms with Crippen LogP contribution in [0.25, 0.3) is 22.2 Å². The summed E-state index contributed by atoms with van der Waals surface area (Å²) in [6.07, 6.45) is 3.04. The van der Waals surface area contributed by atoms with E-state index < -0.39 is 22.8 Å². The summed E-state index contributed by atoms with van der Waals surface area (Å²) in [6.45, 7) is 3.92. The largest absolute Gasteiger partial charge is 0.490 e. The number of ether oxygens (including phenoxy) is 3. The van der Waals surface area contributed by atoms with E-state index >= 15 is 8.78 Å². The van der Waals surface area contributed by atoms with E-state index in [1.807, 2.05) is 44.2 Å². The van der Waals surface area contributed by atoms with Gasteiger partial charge in [-0.15, -0.1) is 0 Å². The number of aromatic nitrogens is 2. The van der Waals surface area contributed by atoms with E-state index in [1.165, 1.54) is 12.3 Å². The standard InChI is InChI=1S/C34H29F2N5O4/c1-20(2)44-28-9-8-21(12-22(28)15-37)25-16-39-32-30(25)29(10-11-38-32)45-31-26(35)13-24(14-27(31)36)41-33-40-17-34(18-42,19-43-33)23-6-4-3-5-7-23/h3-14,16,20,42H,17-19H2,1-2H3,(H,38,39)(H,40,41)/t34-/m0/s1. The van der Waals surface area contributed by atoms with Crippen molar-refractivity contribution < 1.29 is 28.1 Å². The van der Waals surface area contributed by atoms with Gasteiger partial charge in [0.2, 0.25) is 0 Å². The third kappa shape index (κ3) is 5.88. The second kappa shape index (κ2) is 12.3. The Balaban J connectivity index is 1.25. The third-order valence-corrected chi connectivity index (χ3v) is 7.47. The molecule has 3 heterocycles. The number of fused-ring (bicyclic) bond motifs is 1. The van der Waals surface area contributed by atoms with Crippen LogP contribution >= 0.6 is 0 Å². The quantitative estimate of drug-likeness (QED) is 0.179. The highest BCUT2D eigenvalue weighted by molar-refractivity contribution is 5.98. The van der Waals surface area contributed by atoms with Crippen LogP contribution in [0.5, 0.6) is 17.2 Å². The number of anilines is 1. The zero-order chi connectivity index (χ0) is 31.6. The highest BCUT2D eigenvalue weighted by Crippen LogP contribution is 2.39. The van der Waals surface area contributed by atoms with Crippen molar-refractivity contribution >= 4 is 22.7 Å². The predicted octanol–water partition coefficient (Wildman–Crippen LogP) is 6.69.